The van der Waals surface area contributed by atoms with Crippen LogP contribution in [0, 0.1) is 12.7 Å². The molecule has 0 aliphatic carbocycles. The smallest absolute Gasteiger partial charge is 0.336 e. The Morgan fingerprint density at radius 2 is 1.70 bits per heavy atom. The van der Waals surface area contributed by atoms with Crippen LogP contribution in [0.5, 0.6) is 0 Å². The molecule has 1 heterocycles. The number of anilines is 2. The van der Waals surface area contributed by atoms with Crippen LogP contribution < -0.4 is 16.3 Å². The van der Waals surface area contributed by atoms with Crippen molar-refractivity contribution in [3.05, 3.63) is 70.3 Å². The minimum atomic E-state index is -0.390. The van der Waals surface area contributed by atoms with Crippen LogP contribution in [0.1, 0.15) is 5.56 Å². The second kappa shape index (κ2) is 6.18. The SMILES string of the molecule is Cc1cc(=O)oc2cc(NC(=S)Nc3ccc(F)cc3)ccc12. The molecule has 0 saturated carbocycles. The third-order valence-electron chi connectivity index (χ3n) is 3.31. The van der Waals surface area contributed by atoms with E-state index in [2.05, 4.69) is 10.6 Å². The molecular weight excluding hydrogens is 315 g/mol. The number of aryl methyl sites for hydroxylation is 1. The molecule has 0 atom stereocenters. The Balaban J connectivity index is 1.79. The second-order valence-corrected chi connectivity index (χ2v) is 5.45. The van der Waals surface area contributed by atoms with Crippen LogP contribution in [-0.2, 0) is 0 Å². The lowest BCUT2D eigenvalue weighted by Gasteiger charge is -2.11. The molecule has 116 valence electrons. The zero-order valence-electron chi connectivity index (χ0n) is 12.2. The molecule has 0 unspecified atom stereocenters. The quantitative estimate of drug-likeness (QED) is 0.549. The van der Waals surface area contributed by atoms with E-state index in [-0.39, 0.29) is 11.4 Å². The molecule has 0 amide bonds. The lowest BCUT2D eigenvalue weighted by molar-refractivity contribution is 0.560. The maximum atomic E-state index is 12.9. The number of fused-ring (bicyclic) bond motifs is 1. The van der Waals surface area contributed by atoms with Gasteiger partial charge in [-0.15, -0.1) is 0 Å². The van der Waals surface area contributed by atoms with Gasteiger partial charge in [0.1, 0.15) is 11.4 Å². The molecule has 0 radical (unpaired) electrons. The summed E-state index contributed by atoms with van der Waals surface area (Å²) in [6.07, 6.45) is 0. The summed E-state index contributed by atoms with van der Waals surface area (Å²) in [4.78, 5) is 11.5. The predicted octanol–water partition coefficient (Wildman–Crippen LogP) is 4.05. The molecule has 0 aliphatic rings. The highest BCUT2D eigenvalue weighted by molar-refractivity contribution is 7.80. The molecule has 4 nitrogen and oxygen atoms in total. The van der Waals surface area contributed by atoms with Crippen LogP contribution in [0.15, 0.2) is 57.7 Å². The first kappa shape index (κ1) is 15.2. The third kappa shape index (κ3) is 3.54. The molecule has 3 rings (SSSR count). The van der Waals surface area contributed by atoms with Gasteiger partial charge in [-0.05, 0) is 61.1 Å². The van der Waals surface area contributed by atoms with Crippen LogP contribution in [0.25, 0.3) is 11.0 Å². The molecular formula is C17H13FN2O2S. The number of hydrogen-bond acceptors (Lipinski definition) is 3. The first-order valence-corrected chi connectivity index (χ1v) is 7.30. The van der Waals surface area contributed by atoms with Crippen molar-refractivity contribution < 1.29 is 8.81 Å². The fraction of sp³-hybridized carbons (Fsp3) is 0.0588. The average Bonchev–Trinajstić information content (AvgIpc) is 2.49. The summed E-state index contributed by atoms with van der Waals surface area (Å²) in [5.74, 6) is -0.311. The summed E-state index contributed by atoms with van der Waals surface area (Å²) in [6.45, 7) is 1.85. The molecule has 0 aliphatic heterocycles. The number of benzene rings is 2. The number of hydrogen-bond donors (Lipinski definition) is 2. The van der Waals surface area contributed by atoms with E-state index in [4.69, 9.17) is 16.6 Å². The lowest BCUT2D eigenvalue weighted by atomic mass is 10.1. The molecule has 0 fully saturated rings. The monoisotopic (exact) mass is 328 g/mol. The summed E-state index contributed by atoms with van der Waals surface area (Å²) < 4.78 is 18.1. The average molecular weight is 328 g/mol. The molecule has 2 aromatic carbocycles. The van der Waals surface area contributed by atoms with Crippen molar-refractivity contribution in [2.24, 2.45) is 0 Å². The molecule has 1 aromatic heterocycles. The highest BCUT2D eigenvalue weighted by Gasteiger charge is 2.05. The topological polar surface area (TPSA) is 54.3 Å². The van der Waals surface area contributed by atoms with E-state index in [1.807, 2.05) is 19.1 Å². The van der Waals surface area contributed by atoms with Gasteiger partial charge in [0.05, 0.1) is 0 Å². The van der Waals surface area contributed by atoms with Gasteiger partial charge < -0.3 is 15.1 Å². The van der Waals surface area contributed by atoms with Crippen molar-refractivity contribution in [1.82, 2.24) is 0 Å². The van der Waals surface area contributed by atoms with Gasteiger partial charge in [-0.3, -0.25) is 0 Å². The maximum Gasteiger partial charge on any atom is 0.336 e. The van der Waals surface area contributed by atoms with Crippen LogP contribution in [0.2, 0.25) is 0 Å². The van der Waals surface area contributed by atoms with Gasteiger partial charge in [-0.1, -0.05) is 0 Å². The van der Waals surface area contributed by atoms with Crippen molar-refractivity contribution >= 4 is 39.7 Å². The summed E-state index contributed by atoms with van der Waals surface area (Å²) >= 11 is 5.22. The first-order chi connectivity index (χ1) is 11.0. The van der Waals surface area contributed by atoms with Crippen LogP contribution in [-0.4, -0.2) is 5.11 Å². The predicted molar refractivity (Wildman–Crippen MR) is 93.5 cm³/mol. The van der Waals surface area contributed by atoms with Gasteiger partial charge in [0.25, 0.3) is 0 Å². The summed E-state index contributed by atoms with van der Waals surface area (Å²) in [5.41, 5.74) is 2.32. The summed E-state index contributed by atoms with van der Waals surface area (Å²) in [5, 5.41) is 7.17. The highest BCUT2D eigenvalue weighted by Crippen LogP contribution is 2.21. The Kier molecular flexibility index (Phi) is 4.08. The third-order valence-corrected chi connectivity index (χ3v) is 3.52. The summed E-state index contributed by atoms with van der Waals surface area (Å²) in [6, 6.07) is 12.7. The van der Waals surface area contributed by atoms with E-state index in [9.17, 15) is 9.18 Å². The highest BCUT2D eigenvalue weighted by atomic mass is 32.1. The molecule has 0 bridgehead atoms. The van der Waals surface area contributed by atoms with E-state index in [1.54, 1.807) is 18.2 Å². The number of rotatable bonds is 2. The molecule has 2 N–H and O–H groups in total. The lowest BCUT2D eigenvalue weighted by Crippen LogP contribution is -2.19. The second-order valence-electron chi connectivity index (χ2n) is 5.05. The fourth-order valence-electron chi connectivity index (χ4n) is 2.23. The van der Waals surface area contributed by atoms with Crippen LogP contribution in [0.4, 0.5) is 15.8 Å². The number of thiocarbonyl (C=S) groups is 1. The Morgan fingerprint density at radius 3 is 2.43 bits per heavy atom. The molecule has 0 spiro atoms. The number of nitrogens with one attached hydrogen (secondary N) is 2. The van der Waals surface area contributed by atoms with Crippen molar-refractivity contribution in [3.8, 4) is 0 Å². The number of halogens is 1. The van der Waals surface area contributed by atoms with Gasteiger partial charge in [0.15, 0.2) is 5.11 Å². The first-order valence-electron chi connectivity index (χ1n) is 6.89. The minimum Gasteiger partial charge on any atom is -0.423 e. The summed E-state index contributed by atoms with van der Waals surface area (Å²) in [7, 11) is 0. The Morgan fingerprint density at radius 1 is 1.04 bits per heavy atom. The van der Waals surface area contributed by atoms with E-state index >= 15 is 0 Å². The maximum absolute atomic E-state index is 12.9. The van der Waals surface area contributed by atoms with Crippen LogP contribution >= 0.6 is 12.2 Å². The zero-order valence-corrected chi connectivity index (χ0v) is 13.0. The van der Waals surface area contributed by atoms with Crippen molar-refractivity contribution in [1.29, 1.82) is 0 Å². The Labute approximate surface area is 136 Å². The minimum absolute atomic E-state index is 0.311. The van der Waals surface area contributed by atoms with Crippen molar-refractivity contribution in [3.63, 3.8) is 0 Å². The fourth-order valence-corrected chi connectivity index (χ4v) is 2.47. The van der Waals surface area contributed by atoms with Gasteiger partial charge >= 0.3 is 5.63 Å². The normalized spacial score (nSPS) is 10.5. The van der Waals surface area contributed by atoms with Gasteiger partial charge in [0, 0.05) is 28.9 Å². The van der Waals surface area contributed by atoms with Gasteiger partial charge in [-0.2, -0.15) is 0 Å². The Hall–Kier alpha value is -2.73. The van der Waals surface area contributed by atoms with Crippen LogP contribution in [0.3, 0.4) is 0 Å². The van der Waals surface area contributed by atoms with Gasteiger partial charge in [-0.25, -0.2) is 9.18 Å². The van der Waals surface area contributed by atoms with E-state index in [0.29, 0.717) is 22.1 Å². The van der Waals surface area contributed by atoms with Gasteiger partial charge in [0.2, 0.25) is 0 Å². The van der Waals surface area contributed by atoms with Crippen molar-refractivity contribution in [2.75, 3.05) is 10.6 Å². The van der Waals surface area contributed by atoms with E-state index in [1.165, 1.54) is 18.2 Å². The standard InChI is InChI=1S/C17H13FN2O2S/c1-10-8-16(21)22-15-9-13(6-7-14(10)15)20-17(23)19-12-4-2-11(18)3-5-12/h2-9H,1H3,(H2,19,20,23). The van der Waals surface area contributed by atoms with Crippen molar-refractivity contribution in [2.45, 2.75) is 6.92 Å². The largest absolute Gasteiger partial charge is 0.423 e. The Bertz CT molecular complexity index is 935. The molecule has 0 saturated heterocycles. The zero-order chi connectivity index (χ0) is 16.4. The van der Waals surface area contributed by atoms with E-state index in [0.717, 1.165) is 10.9 Å². The van der Waals surface area contributed by atoms with E-state index < -0.39 is 0 Å². The molecule has 3 aromatic rings. The molecule has 23 heavy (non-hydrogen) atoms. The molecule has 6 heteroatoms.